The molecule has 20 heavy (non-hydrogen) atoms. The van der Waals surface area contributed by atoms with Crippen molar-refractivity contribution >= 4 is 0 Å². The molecule has 1 rings (SSSR count). The molecule has 0 amide bonds. The summed E-state index contributed by atoms with van der Waals surface area (Å²) in [5, 5.41) is 2.60. The number of alkyl halides is 4. The van der Waals surface area contributed by atoms with Crippen LogP contribution in [0, 0.1) is 11.6 Å². The Labute approximate surface area is 111 Å². The van der Waals surface area contributed by atoms with E-state index in [1.165, 1.54) is 7.05 Å². The Balaban J connectivity index is 2.64. The number of hydrogen-bond acceptors (Lipinski definition) is 2. The molecule has 0 aromatic heterocycles. The minimum Gasteiger partial charge on any atom is -0.373 e. The van der Waals surface area contributed by atoms with Crippen molar-refractivity contribution in [1.82, 2.24) is 5.32 Å². The van der Waals surface area contributed by atoms with Crippen LogP contribution in [0.2, 0.25) is 0 Å². The van der Waals surface area contributed by atoms with Crippen molar-refractivity contribution in [2.45, 2.75) is 18.4 Å². The molecule has 0 heterocycles. The van der Waals surface area contributed by atoms with Crippen molar-refractivity contribution < 1.29 is 31.1 Å². The molecule has 0 saturated carbocycles. The molecule has 8 heteroatoms. The average Bonchev–Trinajstić information content (AvgIpc) is 2.33. The summed E-state index contributed by atoms with van der Waals surface area (Å²) in [4.78, 5) is 0. The first-order valence-electron chi connectivity index (χ1n) is 5.63. The minimum atomic E-state index is -4.26. The maximum absolute atomic E-state index is 13.0. The molecule has 0 aliphatic carbocycles. The Morgan fingerprint density at radius 2 is 1.70 bits per heavy atom. The van der Waals surface area contributed by atoms with Crippen molar-refractivity contribution in [3.05, 3.63) is 35.4 Å². The van der Waals surface area contributed by atoms with Crippen molar-refractivity contribution in [2.75, 3.05) is 20.3 Å². The van der Waals surface area contributed by atoms with E-state index in [0.717, 1.165) is 12.1 Å². The van der Waals surface area contributed by atoms with Gasteiger partial charge in [-0.05, 0) is 24.7 Å². The monoisotopic (exact) mass is 301 g/mol. The summed E-state index contributed by atoms with van der Waals surface area (Å²) in [5.41, 5.74) is 0.130. The van der Waals surface area contributed by atoms with Gasteiger partial charge in [-0.3, -0.25) is 0 Å². The van der Waals surface area contributed by atoms with Crippen molar-refractivity contribution in [3.8, 4) is 0 Å². The van der Waals surface area contributed by atoms with Crippen molar-refractivity contribution in [2.24, 2.45) is 0 Å². The second kappa shape index (κ2) is 6.94. The van der Waals surface area contributed by atoms with Gasteiger partial charge in [0.1, 0.15) is 18.2 Å². The quantitative estimate of drug-likeness (QED) is 0.781. The van der Waals surface area contributed by atoms with E-state index in [2.05, 4.69) is 10.1 Å². The zero-order valence-corrected chi connectivity index (χ0v) is 10.5. The van der Waals surface area contributed by atoms with Gasteiger partial charge in [0.2, 0.25) is 0 Å². The molecule has 1 aromatic rings. The zero-order valence-electron chi connectivity index (χ0n) is 10.5. The molecule has 114 valence electrons. The molecule has 0 bridgehead atoms. The van der Waals surface area contributed by atoms with Crippen molar-refractivity contribution in [1.29, 1.82) is 0 Å². The first kappa shape index (κ1) is 16.8. The molecule has 1 atom stereocenters. The fourth-order valence-electron chi connectivity index (χ4n) is 1.50. The largest absolute Gasteiger partial charge is 0.373 e. The summed E-state index contributed by atoms with van der Waals surface area (Å²) in [6.07, 6.45) is -3.83. The highest BCUT2D eigenvalue weighted by atomic mass is 19.3. The van der Waals surface area contributed by atoms with Gasteiger partial charge < -0.3 is 10.1 Å². The van der Waals surface area contributed by atoms with E-state index in [1.54, 1.807) is 0 Å². The van der Waals surface area contributed by atoms with E-state index in [1.807, 2.05) is 0 Å². The summed E-state index contributed by atoms with van der Waals surface area (Å²) < 4.78 is 79.6. The lowest BCUT2D eigenvalue weighted by molar-refractivity contribution is -0.167. The Hall–Kier alpha value is -1.28. The number of ether oxygens (including phenoxy) is 1. The molecule has 0 saturated heterocycles. The van der Waals surface area contributed by atoms with Crippen LogP contribution in [-0.4, -0.2) is 32.6 Å². The molecular weight excluding hydrogens is 288 g/mol. The second-order valence-corrected chi connectivity index (χ2v) is 4.12. The fraction of sp³-hybridized carbons (Fsp3) is 0.500. The molecule has 0 radical (unpaired) electrons. The standard InChI is InChI=1S/C12H13F6NO/c1-19-10(5-20-6-12(17,18)11(15)16)7-2-8(13)4-9(14)3-7/h2-4,10-11,19H,5-6H2,1H3. The minimum absolute atomic E-state index is 0.130. The van der Waals surface area contributed by atoms with Gasteiger partial charge in [0.15, 0.2) is 0 Å². The molecular formula is C12H13F6NO. The van der Waals surface area contributed by atoms with Crippen LogP contribution in [0.3, 0.4) is 0 Å². The van der Waals surface area contributed by atoms with Crippen LogP contribution < -0.4 is 5.32 Å². The van der Waals surface area contributed by atoms with E-state index in [4.69, 9.17) is 0 Å². The van der Waals surface area contributed by atoms with Gasteiger partial charge >= 0.3 is 12.3 Å². The highest BCUT2D eigenvalue weighted by molar-refractivity contribution is 5.21. The third-order valence-electron chi connectivity index (χ3n) is 2.53. The summed E-state index contributed by atoms with van der Waals surface area (Å²) in [5.74, 6) is -5.93. The lowest BCUT2D eigenvalue weighted by Gasteiger charge is -2.20. The summed E-state index contributed by atoms with van der Waals surface area (Å²) in [6.45, 7) is -1.90. The molecule has 1 unspecified atom stereocenters. The first-order valence-corrected chi connectivity index (χ1v) is 5.63. The van der Waals surface area contributed by atoms with E-state index >= 15 is 0 Å². The van der Waals surface area contributed by atoms with E-state index in [9.17, 15) is 26.3 Å². The topological polar surface area (TPSA) is 21.3 Å². The van der Waals surface area contributed by atoms with Gasteiger partial charge in [-0.1, -0.05) is 0 Å². The number of halogens is 6. The Morgan fingerprint density at radius 3 is 2.15 bits per heavy atom. The highest BCUT2D eigenvalue weighted by Crippen LogP contribution is 2.24. The van der Waals surface area contributed by atoms with E-state index in [0.29, 0.717) is 6.07 Å². The first-order chi connectivity index (χ1) is 9.26. The van der Waals surface area contributed by atoms with E-state index < -0.39 is 43.2 Å². The Kier molecular flexibility index (Phi) is 5.82. The Bertz CT molecular complexity index is 420. The lowest BCUT2D eigenvalue weighted by atomic mass is 10.1. The van der Waals surface area contributed by atoms with Crippen LogP contribution >= 0.6 is 0 Å². The summed E-state index contributed by atoms with van der Waals surface area (Å²) >= 11 is 0. The molecule has 1 N–H and O–H groups in total. The number of likely N-dealkylation sites (N-methyl/N-ethyl adjacent to an activating group) is 1. The number of rotatable bonds is 7. The summed E-state index contributed by atoms with van der Waals surface area (Å²) in [7, 11) is 1.42. The maximum Gasteiger partial charge on any atom is 0.330 e. The SMILES string of the molecule is CNC(COCC(F)(F)C(F)F)c1cc(F)cc(F)c1. The molecule has 0 aliphatic heterocycles. The maximum atomic E-state index is 13.0. The second-order valence-electron chi connectivity index (χ2n) is 4.12. The zero-order chi connectivity index (χ0) is 15.3. The molecule has 0 aliphatic rings. The van der Waals surface area contributed by atoms with Gasteiger partial charge in [-0.25, -0.2) is 17.6 Å². The van der Waals surface area contributed by atoms with Gasteiger partial charge in [-0.15, -0.1) is 0 Å². The molecule has 2 nitrogen and oxygen atoms in total. The van der Waals surface area contributed by atoms with Crippen LogP contribution in [0.15, 0.2) is 18.2 Å². The number of benzene rings is 1. The predicted octanol–water partition coefficient (Wildman–Crippen LogP) is 3.14. The lowest BCUT2D eigenvalue weighted by Crippen LogP contribution is -2.34. The normalized spacial score (nSPS) is 13.8. The molecule has 1 aromatic carbocycles. The van der Waals surface area contributed by atoms with Crippen LogP contribution in [-0.2, 0) is 4.74 Å². The fourth-order valence-corrected chi connectivity index (χ4v) is 1.50. The van der Waals surface area contributed by atoms with Crippen LogP contribution in [0.5, 0.6) is 0 Å². The van der Waals surface area contributed by atoms with Gasteiger partial charge in [-0.2, -0.15) is 8.78 Å². The number of hydrogen-bond donors (Lipinski definition) is 1. The van der Waals surface area contributed by atoms with Gasteiger partial charge in [0, 0.05) is 6.07 Å². The Morgan fingerprint density at radius 1 is 1.15 bits per heavy atom. The highest BCUT2D eigenvalue weighted by Gasteiger charge is 2.41. The van der Waals surface area contributed by atoms with Gasteiger partial charge in [0.25, 0.3) is 0 Å². The van der Waals surface area contributed by atoms with Crippen molar-refractivity contribution in [3.63, 3.8) is 0 Å². The third-order valence-corrected chi connectivity index (χ3v) is 2.53. The van der Waals surface area contributed by atoms with Crippen LogP contribution in [0.25, 0.3) is 0 Å². The molecule has 0 fully saturated rings. The predicted molar refractivity (Wildman–Crippen MR) is 59.9 cm³/mol. The molecule has 0 spiro atoms. The van der Waals surface area contributed by atoms with E-state index in [-0.39, 0.29) is 5.56 Å². The number of nitrogens with one attached hydrogen (secondary N) is 1. The smallest absolute Gasteiger partial charge is 0.330 e. The third kappa shape index (κ3) is 4.68. The van der Waals surface area contributed by atoms with Crippen LogP contribution in [0.1, 0.15) is 11.6 Å². The average molecular weight is 301 g/mol. The van der Waals surface area contributed by atoms with Crippen LogP contribution in [0.4, 0.5) is 26.3 Å². The summed E-state index contributed by atoms with van der Waals surface area (Å²) in [6, 6.07) is 1.86. The van der Waals surface area contributed by atoms with Gasteiger partial charge in [0.05, 0.1) is 12.6 Å².